The zero-order valence-electron chi connectivity index (χ0n) is 9.10. The first-order chi connectivity index (χ1) is 7.68. The fourth-order valence-electron chi connectivity index (χ4n) is 1.69. The fraction of sp³-hybridized carbons (Fsp3) is 0.600. The molecule has 1 aliphatic heterocycles. The van der Waals surface area contributed by atoms with Gasteiger partial charge in [0.2, 0.25) is 5.91 Å². The molecule has 0 N–H and O–H groups in total. The van der Waals surface area contributed by atoms with E-state index < -0.39 is 0 Å². The van der Waals surface area contributed by atoms with Crippen LogP contribution in [0.2, 0.25) is 0 Å². The summed E-state index contributed by atoms with van der Waals surface area (Å²) in [6, 6.07) is -0.260. The molecule has 0 aromatic carbocycles. The van der Waals surface area contributed by atoms with Gasteiger partial charge < -0.3 is 9.64 Å². The lowest BCUT2D eigenvalue weighted by atomic mass is 10.2. The first kappa shape index (κ1) is 11.6. The minimum Gasteiger partial charge on any atom is -0.378 e. The van der Waals surface area contributed by atoms with Gasteiger partial charge in [-0.1, -0.05) is 0 Å². The summed E-state index contributed by atoms with van der Waals surface area (Å²) >= 11 is 3.32. The van der Waals surface area contributed by atoms with Crippen LogP contribution >= 0.6 is 15.9 Å². The standard InChI is InChI=1S/C10H14BrN3O2/c1-8(14-7-9(11)6-12-14)10(15)13-2-4-16-5-3-13/h6-8H,2-5H2,1H3/t8-/m0/s1. The third-order valence-electron chi connectivity index (χ3n) is 2.65. The monoisotopic (exact) mass is 287 g/mol. The van der Waals surface area contributed by atoms with Crippen LogP contribution in [0.1, 0.15) is 13.0 Å². The normalized spacial score (nSPS) is 18.5. The minimum atomic E-state index is -0.260. The van der Waals surface area contributed by atoms with Gasteiger partial charge in [0.15, 0.2) is 0 Å². The van der Waals surface area contributed by atoms with Crippen LogP contribution < -0.4 is 0 Å². The Morgan fingerprint density at radius 3 is 2.81 bits per heavy atom. The maximum atomic E-state index is 12.1. The van der Waals surface area contributed by atoms with Crippen molar-refractivity contribution in [2.45, 2.75) is 13.0 Å². The number of ether oxygens (including phenoxy) is 1. The molecule has 1 amide bonds. The van der Waals surface area contributed by atoms with Crippen LogP contribution in [0.4, 0.5) is 0 Å². The molecule has 0 spiro atoms. The molecule has 2 heterocycles. The van der Waals surface area contributed by atoms with E-state index in [9.17, 15) is 4.79 Å². The number of amides is 1. The van der Waals surface area contributed by atoms with E-state index >= 15 is 0 Å². The van der Waals surface area contributed by atoms with E-state index in [-0.39, 0.29) is 11.9 Å². The molecule has 16 heavy (non-hydrogen) atoms. The van der Waals surface area contributed by atoms with E-state index in [4.69, 9.17) is 4.74 Å². The van der Waals surface area contributed by atoms with E-state index in [1.165, 1.54) is 0 Å². The topological polar surface area (TPSA) is 47.4 Å². The average molecular weight is 288 g/mol. The van der Waals surface area contributed by atoms with Crippen molar-refractivity contribution in [2.75, 3.05) is 26.3 Å². The predicted molar refractivity (Wildman–Crippen MR) is 62.0 cm³/mol. The van der Waals surface area contributed by atoms with Crippen molar-refractivity contribution in [3.05, 3.63) is 16.9 Å². The molecule has 1 fully saturated rings. The molecule has 1 aromatic rings. The second-order valence-corrected chi connectivity index (χ2v) is 4.67. The Kier molecular flexibility index (Phi) is 3.60. The van der Waals surface area contributed by atoms with Crippen LogP contribution in [0.3, 0.4) is 0 Å². The van der Waals surface area contributed by atoms with Crippen molar-refractivity contribution < 1.29 is 9.53 Å². The Hall–Kier alpha value is -0.880. The molecule has 6 heteroatoms. The number of rotatable bonds is 2. The molecule has 0 radical (unpaired) electrons. The number of carbonyl (C=O) groups is 1. The molecular weight excluding hydrogens is 274 g/mol. The van der Waals surface area contributed by atoms with E-state index in [0.29, 0.717) is 26.3 Å². The number of aromatic nitrogens is 2. The highest BCUT2D eigenvalue weighted by molar-refractivity contribution is 9.10. The second-order valence-electron chi connectivity index (χ2n) is 3.75. The maximum Gasteiger partial charge on any atom is 0.247 e. The first-order valence-electron chi connectivity index (χ1n) is 5.24. The smallest absolute Gasteiger partial charge is 0.247 e. The van der Waals surface area contributed by atoms with Crippen LogP contribution in [0, 0.1) is 0 Å². The van der Waals surface area contributed by atoms with Crippen molar-refractivity contribution in [1.29, 1.82) is 0 Å². The Morgan fingerprint density at radius 2 is 2.25 bits per heavy atom. The highest BCUT2D eigenvalue weighted by atomic mass is 79.9. The van der Waals surface area contributed by atoms with Crippen molar-refractivity contribution >= 4 is 21.8 Å². The Morgan fingerprint density at radius 1 is 1.56 bits per heavy atom. The maximum absolute atomic E-state index is 12.1. The lowest BCUT2D eigenvalue weighted by Crippen LogP contribution is -2.43. The van der Waals surface area contributed by atoms with Crippen LogP contribution in [0.5, 0.6) is 0 Å². The van der Waals surface area contributed by atoms with Gasteiger partial charge in [-0.25, -0.2) is 0 Å². The summed E-state index contributed by atoms with van der Waals surface area (Å²) in [5, 5.41) is 4.12. The number of nitrogens with zero attached hydrogens (tertiary/aromatic N) is 3. The van der Waals surface area contributed by atoms with Crippen LogP contribution in [-0.4, -0.2) is 46.9 Å². The lowest BCUT2D eigenvalue weighted by molar-refractivity contribution is -0.138. The number of hydrogen-bond donors (Lipinski definition) is 0. The molecule has 1 saturated heterocycles. The first-order valence-corrected chi connectivity index (χ1v) is 6.04. The summed E-state index contributed by atoms with van der Waals surface area (Å²) < 4.78 is 7.77. The van der Waals surface area contributed by atoms with Gasteiger partial charge in [0.25, 0.3) is 0 Å². The van der Waals surface area contributed by atoms with Crippen molar-refractivity contribution in [3.63, 3.8) is 0 Å². The van der Waals surface area contributed by atoms with Crippen molar-refractivity contribution in [3.8, 4) is 0 Å². The molecule has 1 aliphatic rings. The Labute approximate surface area is 102 Å². The zero-order chi connectivity index (χ0) is 11.5. The third-order valence-corrected chi connectivity index (χ3v) is 3.06. The van der Waals surface area contributed by atoms with Crippen molar-refractivity contribution in [1.82, 2.24) is 14.7 Å². The molecule has 0 aliphatic carbocycles. The van der Waals surface area contributed by atoms with Gasteiger partial charge in [-0.2, -0.15) is 5.10 Å². The van der Waals surface area contributed by atoms with Gasteiger partial charge in [-0.05, 0) is 22.9 Å². The van der Waals surface area contributed by atoms with E-state index in [2.05, 4.69) is 21.0 Å². The lowest BCUT2D eigenvalue weighted by Gasteiger charge is -2.29. The predicted octanol–water partition coefficient (Wildman–Crippen LogP) is 1.07. The average Bonchev–Trinajstić information content (AvgIpc) is 2.75. The Bertz CT molecular complexity index is 374. The van der Waals surface area contributed by atoms with E-state index in [1.807, 2.05) is 18.0 Å². The minimum absolute atomic E-state index is 0.0962. The number of halogens is 1. The largest absolute Gasteiger partial charge is 0.378 e. The van der Waals surface area contributed by atoms with Crippen molar-refractivity contribution in [2.24, 2.45) is 0 Å². The molecule has 0 unspecified atom stereocenters. The second kappa shape index (κ2) is 4.97. The van der Waals surface area contributed by atoms with Crippen LogP contribution in [0.15, 0.2) is 16.9 Å². The molecule has 0 bridgehead atoms. The summed E-state index contributed by atoms with van der Waals surface area (Å²) in [5.74, 6) is 0.0962. The van der Waals surface area contributed by atoms with E-state index in [0.717, 1.165) is 4.47 Å². The Balaban J connectivity index is 2.03. The quantitative estimate of drug-likeness (QED) is 0.817. The van der Waals surface area contributed by atoms with Gasteiger partial charge in [0.05, 0.1) is 23.9 Å². The van der Waals surface area contributed by atoms with Gasteiger partial charge in [-0.3, -0.25) is 9.48 Å². The molecular formula is C10H14BrN3O2. The molecule has 88 valence electrons. The van der Waals surface area contributed by atoms with Crippen LogP contribution in [-0.2, 0) is 9.53 Å². The molecule has 1 atom stereocenters. The summed E-state index contributed by atoms with van der Waals surface area (Å²) in [6.45, 7) is 4.46. The van der Waals surface area contributed by atoms with Gasteiger partial charge in [0.1, 0.15) is 6.04 Å². The van der Waals surface area contributed by atoms with Gasteiger partial charge >= 0.3 is 0 Å². The fourth-order valence-corrected chi connectivity index (χ4v) is 1.99. The van der Waals surface area contributed by atoms with Gasteiger partial charge in [-0.15, -0.1) is 0 Å². The SMILES string of the molecule is C[C@@H](C(=O)N1CCOCC1)n1cc(Br)cn1. The molecule has 2 rings (SSSR count). The summed E-state index contributed by atoms with van der Waals surface area (Å²) in [5.41, 5.74) is 0. The summed E-state index contributed by atoms with van der Waals surface area (Å²) in [7, 11) is 0. The summed E-state index contributed by atoms with van der Waals surface area (Å²) in [6.07, 6.45) is 3.49. The highest BCUT2D eigenvalue weighted by Gasteiger charge is 2.23. The zero-order valence-corrected chi connectivity index (χ0v) is 10.7. The third kappa shape index (κ3) is 2.44. The number of hydrogen-bond acceptors (Lipinski definition) is 3. The number of carbonyl (C=O) groups excluding carboxylic acids is 1. The number of morpholine rings is 1. The van der Waals surface area contributed by atoms with Gasteiger partial charge in [0, 0.05) is 19.3 Å². The molecule has 1 aromatic heterocycles. The summed E-state index contributed by atoms with van der Waals surface area (Å²) in [4.78, 5) is 13.9. The molecule has 5 nitrogen and oxygen atoms in total. The van der Waals surface area contributed by atoms with E-state index in [1.54, 1.807) is 10.9 Å². The highest BCUT2D eigenvalue weighted by Crippen LogP contribution is 2.14. The van der Waals surface area contributed by atoms with Crippen LogP contribution in [0.25, 0.3) is 0 Å². The molecule has 0 saturated carbocycles.